The highest BCUT2D eigenvalue weighted by Gasteiger charge is 2.35. The van der Waals surface area contributed by atoms with Gasteiger partial charge in [0.15, 0.2) is 0 Å². The van der Waals surface area contributed by atoms with E-state index in [2.05, 4.69) is 26.2 Å². The highest BCUT2D eigenvalue weighted by Crippen LogP contribution is 2.26. The van der Waals surface area contributed by atoms with Crippen LogP contribution in [-0.2, 0) is 11.3 Å². The predicted molar refractivity (Wildman–Crippen MR) is 101 cm³/mol. The number of hydrogen-bond donors (Lipinski definition) is 1. The maximum Gasteiger partial charge on any atom is 0.261 e. The Hall–Kier alpha value is -2.74. The van der Waals surface area contributed by atoms with E-state index >= 15 is 0 Å². The van der Waals surface area contributed by atoms with E-state index in [0.717, 1.165) is 10.0 Å². The fourth-order valence-corrected chi connectivity index (χ4v) is 3.15. The number of nitrogens with one attached hydrogen (secondary N) is 1. The lowest BCUT2D eigenvalue weighted by atomic mass is 10.1. The normalized spacial score (nSPS) is 12.9. The molecule has 8 heteroatoms. The van der Waals surface area contributed by atoms with Gasteiger partial charge in [0.2, 0.25) is 11.8 Å². The summed E-state index contributed by atoms with van der Waals surface area (Å²) >= 11 is 3.30. The third kappa shape index (κ3) is 4.33. The molecule has 0 fully saturated rings. The second kappa shape index (κ2) is 8.30. The standard InChI is InChI=1S/C19H18BrN3O4/c1-27-17-7-4-12(11-22-17)10-21-16(24)3-2-8-23-18(25)14-6-5-13(20)9-15(14)19(23)26/h4-7,9,11H,2-3,8,10H2,1H3,(H,21,24). The van der Waals surface area contributed by atoms with Gasteiger partial charge >= 0.3 is 0 Å². The number of rotatable bonds is 7. The lowest BCUT2D eigenvalue weighted by molar-refractivity contribution is -0.121. The van der Waals surface area contributed by atoms with Crippen LogP contribution in [0.3, 0.4) is 0 Å². The summed E-state index contributed by atoms with van der Waals surface area (Å²) in [5, 5.41) is 2.79. The van der Waals surface area contributed by atoms with Crippen molar-refractivity contribution in [1.82, 2.24) is 15.2 Å². The van der Waals surface area contributed by atoms with Crippen LogP contribution in [0.4, 0.5) is 0 Å². The van der Waals surface area contributed by atoms with E-state index in [-0.39, 0.29) is 30.7 Å². The SMILES string of the molecule is COc1ccc(CNC(=O)CCCN2C(=O)c3ccc(Br)cc3C2=O)cn1. The first-order valence-electron chi connectivity index (χ1n) is 8.41. The third-order valence-electron chi connectivity index (χ3n) is 4.21. The summed E-state index contributed by atoms with van der Waals surface area (Å²) in [5.74, 6) is -0.267. The van der Waals surface area contributed by atoms with Crippen molar-refractivity contribution in [3.05, 3.63) is 57.7 Å². The van der Waals surface area contributed by atoms with E-state index in [1.165, 1.54) is 12.0 Å². The monoisotopic (exact) mass is 431 g/mol. The molecule has 27 heavy (non-hydrogen) atoms. The topological polar surface area (TPSA) is 88.6 Å². The largest absolute Gasteiger partial charge is 0.481 e. The Balaban J connectivity index is 1.46. The molecule has 0 bridgehead atoms. The van der Waals surface area contributed by atoms with Crippen LogP contribution in [-0.4, -0.2) is 41.3 Å². The number of amides is 3. The van der Waals surface area contributed by atoms with Crippen LogP contribution in [0.25, 0.3) is 0 Å². The van der Waals surface area contributed by atoms with Crippen LogP contribution < -0.4 is 10.1 Å². The van der Waals surface area contributed by atoms with Gasteiger partial charge in [-0.3, -0.25) is 19.3 Å². The molecule has 2 heterocycles. The van der Waals surface area contributed by atoms with Gasteiger partial charge in [-0.15, -0.1) is 0 Å². The summed E-state index contributed by atoms with van der Waals surface area (Å²) in [5.41, 5.74) is 1.65. The average Bonchev–Trinajstić information content (AvgIpc) is 2.91. The van der Waals surface area contributed by atoms with Crippen molar-refractivity contribution in [2.75, 3.05) is 13.7 Å². The Morgan fingerprint density at radius 2 is 1.96 bits per heavy atom. The van der Waals surface area contributed by atoms with Gasteiger partial charge in [0.1, 0.15) is 0 Å². The Kier molecular flexibility index (Phi) is 5.85. The summed E-state index contributed by atoms with van der Waals surface area (Å²) < 4.78 is 5.73. The van der Waals surface area contributed by atoms with Crippen LogP contribution in [0.1, 0.15) is 39.1 Å². The lowest BCUT2D eigenvalue weighted by Gasteiger charge is -2.13. The Labute approximate surface area is 164 Å². The number of aromatic nitrogens is 1. The highest BCUT2D eigenvalue weighted by atomic mass is 79.9. The zero-order valence-electron chi connectivity index (χ0n) is 14.7. The maximum absolute atomic E-state index is 12.4. The summed E-state index contributed by atoms with van der Waals surface area (Å²) in [6.45, 7) is 0.568. The number of fused-ring (bicyclic) bond motifs is 1. The first-order valence-corrected chi connectivity index (χ1v) is 9.20. The molecule has 3 amide bonds. The number of imide groups is 1. The first-order chi connectivity index (χ1) is 13.0. The Bertz CT molecular complexity index is 883. The molecule has 0 atom stereocenters. The number of benzene rings is 1. The van der Waals surface area contributed by atoms with E-state index in [9.17, 15) is 14.4 Å². The van der Waals surface area contributed by atoms with Crippen LogP contribution in [0, 0.1) is 0 Å². The molecular formula is C19H18BrN3O4. The number of nitrogens with zero attached hydrogens (tertiary/aromatic N) is 2. The van der Waals surface area contributed by atoms with Gasteiger partial charge in [-0.25, -0.2) is 4.98 Å². The minimum Gasteiger partial charge on any atom is -0.481 e. The molecule has 1 aliphatic heterocycles. The molecule has 2 aromatic rings. The fourth-order valence-electron chi connectivity index (χ4n) is 2.79. The number of carbonyl (C=O) groups excluding carboxylic acids is 3. The number of ether oxygens (including phenoxy) is 1. The minimum absolute atomic E-state index is 0.148. The zero-order valence-corrected chi connectivity index (χ0v) is 16.3. The molecule has 0 saturated heterocycles. The number of hydrogen-bond acceptors (Lipinski definition) is 5. The number of pyridine rings is 1. The van der Waals surface area contributed by atoms with Crippen molar-refractivity contribution in [3.8, 4) is 5.88 Å². The van der Waals surface area contributed by atoms with Crippen molar-refractivity contribution in [3.63, 3.8) is 0 Å². The van der Waals surface area contributed by atoms with Crippen LogP contribution >= 0.6 is 15.9 Å². The quantitative estimate of drug-likeness (QED) is 0.680. The second-order valence-corrected chi connectivity index (χ2v) is 6.96. The van der Waals surface area contributed by atoms with Gasteiger partial charge in [0.05, 0.1) is 18.2 Å². The molecule has 7 nitrogen and oxygen atoms in total. The number of carbonyl (C=O) groups is 3. The second-order valence-electron chi connectivity index (χ2n) is 6.04. The molecule has 0 spiro atoms. The van der Waals surface area contributed by atoms with Gasteiger partial charge in [-0.2, -0.15) is 0 Å². The molecule has 0 radical (unpaired) electrons. The van der Waals surface area contributed by atoms with E-state index in [1.54, 1.807) is 30.5 Å². The molecule has 1 aliphatic rings. The average molecular weight is 432 g/mol. The van der Waals surface area contributed by atoms with E-state index in [4.69, 9.17) is 4.74 Å². The summed E-state index contributed by atoms with van der Waals surface area (Å²) in [7, 11) is 1.54. The molecule has 140 valence electrons. The molecule has 0 unspecified atom stereocenters. The van der Waals surface area contributed by atoms with Gasteiger partial charge in [0.25, 0.3) is 11.8 Å². The van der Waals surface area contributed by atoms with Gasteiger partial charge in [-0.1, -0.05) is 22.0 Å². The highest BCUT2D eigenvalue weighted by molar-refractivity contribution is 9.10. The molecular weight excluding hydrogens is 414 g/mol. The summed E-state index contributed by atoms with van der Waals surface area (Å²) in [6.07, 6.45) is 2.26. The van der Waals surface area contributed by atoms with Crippen molar-refractivity contribution < 1.29 is 19.1 Å². The number of methoxy groups -OCH3 is 1. The Morgan fingerprint density at radius 3 is 2.67 bits per heavy atom. The molecule has 3 rings (SSSR count). The maximum atomic E-state index is 12.4. The summed E-state index contributed by atoms with van der Waals surface area (Å²) in [4.78, 5) is 41.9. The minimum atomic E-state index is -0.319. The van der Waals surface area contributed by atoms with E-state index < -0.39 is 0 Å². The van der Waals surface area contributed by atoms with Crippen molar-refractivity contribution in [1.29, 1.82) is 0 Å². The van der Waals surface area contributed by atoms with Gasteiger partial charge < -0.3 is 10.1 Å². The predicted octanol–water partition coefficient (Wildman–Crippen LogP) is 2.55. The molecule has 1 aromatic heterocycles. The van der Waals surface area contributed by atoms with E-state index in [1.807, 2.05) is 6.07 Å². The van der Waals surface area contributed by atoms with Gasteiger partial charge in [-0.05, 0) is 30.2 Å². The van der Waals surface area contributed by atoms with Crippen LogP contribution in [0.2, 0.25) is 0 Å². The van der Waals surface area contributed by atoms with Crippen molar-refractivity contribution in [2.45, 2.75) is 19.4 Å². The van der Waals surface area contributed by atoms with Crippen LogP contribution in [0.15, 0.2) is 41.0 Å². The van der Waals surface area contributed by atoms with Crippen molar-refractivity contribution in [2.24, 2.45) is 0 Å². The molecule has 0 saturated carbocycles. The smallest absolute Gasteiger partial charge is 0.261 e. The van der Waals surface area contributed by atoms with Crippen molar-refractivity contribution >= 4 is 33.7 Å². The number of halogens is 1. The molecule has 1 aromatic carbocycles. The van der Waals surface area contributed by atoms with Crippen LogP contribution in [0.5, 0.6) is 5.88 Å². The third-order valence-corrected chi connectivity index (χ3v) is 4.71. The van der Waals surface area contributed by atoms with Gasteiger partial charge in [0, 0.05) is 36.2 Å². The van der Waals surface area contributed by atoms with E-state index in [0.29, 0.717) is 30.0 Å². The molecule has 0 aliphatic carbocycles. The summed E-state index contributed by atoms with van der Waals surface area (Å²) in [6, 6.07) is 8.56. The first kappa shape index (κ1) is 19.0. The molecule has 1 N–H and O–H groups in total. The Morgan fingerprint density at radius 1 is 1.19 bits per heavy atom. The lowest BCUT2D eigenvalue weighted by Crippen LogP contribution is -2.32. The zero-order chi connectivity index (χ0) is 19.4. The fraction of sp³-hybridized carbons (Fsp3) is 0.263.